The SMILES string of the molecule is CCCCC(=O)NC(=S)Nc1cccc([N+](=O)[O-])c1. The third-order valence-electron chi connectivity index (χ3n) is 2.33. The fraction of sp³-hybridized carbons (Fsp3) is 0.333. The number of nitrogens with zero attached hydrogens (tertiary/aromatic N) is 1. The summed E-state index contributed by atoms with van der Waals surface area (Å²) in [7, 11) is 0. The molecular formula is C12H15N3O3S. The first-order valence-electron chi connectivity index (χ1n) is 5.88. The number of hydrogen-bond donors (Lipinski definition) is 2. The Balaban J connectivity index is 2.55. The van der Waals surface area contributed by atoms with E-state index >= 15 is 0 Å². The van der Waals surface area contributed by atoms with Gasteiger partial charge in [-0.15, -0.1) is 0 Å². The second kappa shape index (κ2) is 7.42. The van der Waals surface area contributed by atoms with Crippen molar-refractivity contribution in [2.24, 2.45) is 0 Å². The summed E-state index contributed by atoms with van der Waals surface area (Å²) in [6.07, 6.45) is 2.14. The molecule has 0 aliphatic heterocycles. The van der Waals surface area contributed by atoms with Gasteiger partial charge in [0.15, 0.2) is 5.11 Å². The smallest absolute Gasteiger partial charge is 0.271 e. The summed E-state index contributed by atoms with van der Waals surface area (Å²) < 4.78 is 0. The number of nitrogens with one attached hydrogen (secondary N) is 2. The van der Waals surface area contributed by atoms with Crippen molar-refractivity contribution in [3.05, 3.63) is 34.4 Å². The summed E-state index contributed by atoms with van der Waals surface area (Å²) in [6.45, 7) is 1.99. The third-order valence-corrected chi connectivity index (χ3v) is 2.53. The van der Waals surface area contributed by atoms with E-state index in [4.69, 9.17) is 12.2 Å². The molecule has 1 aromatic carbocycles. The zero-order valence-corrected chi connectivity index (χ0v) is 11.3. The maximum absolute atomic E-state index is 11.4. The standard InChI is InChI=1S/C12H15N3O3S/c1-2-3-7-11(16)14-12(19)13-9-5-4-6-10(8-9)15(17)18/h4-6,8H,2-3,7H2,1H3,(H2,13,14,16,19). The van der Waals surface area contributed by atoms with Crippen LogP contribution in [0.2, 0.25) is 0 Å². The molecule has 0 aliphatic carbocycles. The lowest BCUT2D eigenvalue weighted by molar-refractivity contribution is -0.384. The first kappa shape index (κ1) is 15.0. The average Bonchev–Trinajstić information content (AvgIpc) is 2.36. The molecule has 19 heavy (non-hydrogen) atoms. The van der Waals surface area contributed by atoms with Gasteiger partial charge in [-0.05, 0) is 24.7 Å². The Morgan fingerprint density at radius 1 is 1.47 bits per heavy atom. The van der Waals surface area contributed by atoms with E-state index in [1.807, 2.05) is 6.92 Å². The van der Waals surface area contributed by atoms with E-state index in [0.717, 1.165) is 12.8 Å². The number of carbonyl (C=O) groups excluding carboxylic acids is 1. The van der Waals surface area contributed by atoms with Crippen LogP contribution in [0.3, 0.4) is 0 Å². The number of amides is 1. The van der Waals surface area contributed by atoms with Crippen LogP contribution in [0.25, 0.3) is 0 Å². The molecule has 6 nitrogen and oxygen atoms in total. The fourth-order valence-corrected chi connectivity index (χ4v) is 1.62. The van der Waals surface area contributed by atoms with Gasteiger partial charge in [-0.3, -0.25) is 14.9 Å². The van der Waals surface area contributed by atoms with Gasteiger partial charge in [0.05, 0.1) is 4.92 Å². The van der Waals surface area contributed by atoms with Crippen molar-refractivity contribution in [3.8, 4) is 0 Å². The highest BCUT2D eigenvalue weighted by molar-refractivity contribution is 7.80. The van der Waals surface area contributed by atoms with Gasteiger partial charge in [0, 0.05) is 24.2 Å². The van der Waals surface area contributed by atoms with Crippen LogP contribution in [-0.4, -0.2) is 15.9 Å². The molecule has 102 valence electrons. The van der Waals surface area contributed by atoms with Gasteiger partial charge >= 0.3 is 0 Å². The second-order valence-electron chi connectivity index (χ2n) is 3.91. The number of unbranched alkanes of at least 4 members (excludes halogenated alkanes) is 1. The normalized spacial score (nSPS) is 9.74. The number of hydrogen-bond acceptors (Lipinski definition) is 4. The maximum Gasteiger partial charge on any atom is 0.271 e. The quantitative estimate of drug-likeness (QED) is 0.492. The van der Waals surface area contributed by atoms with Crippen molar-refractivity contribution < 1.29 is 9.72 Å². The Morgan fingerprint density at radius 3 is 2.84 bits per heavy atom. The molecule has 0 unspecified atom stereocenters. The number of nitro groups is 1. The highest BCUT2D eigenvalue weighted by Crippen LogP contribution is 2.16. The topological polar surface area (TPSA) is 84.3 Å². The van der Waals surface area contributed by atoms with Gasteiger partial charge in [0.1, 0.15) is 0 Å². The van der Waals surface area contributed by atoms with Crippen molar-refractivity contribution in [3.63, 3.8) is 0 Å². The molecule has 0 spiro atoms. The monoisotopic (exact) mass is 281 g/mol. The van der Waals surface area contributed by atoms with Crippen LogP contribution in [0.4, 0.5) is 11.4 Å². The van der Waals surface area contributed by atoms with Gasteiger partial charge in [-0.2, -0.15) is 0 Å². The maximum atomic E-state index is 11.4. The van der Waals surface area contributed by atoms with Crippen LogP contribution in [0, 0.1) is 10.1 Å². The summed E-state index contributed by atoms with van der Waals surface area (Å²) in [6, 6.07) is 5.91. The first-order chi connectivity index (χ1) is 9.02. The van der Waals surface area contributed by atoms with Gasteiger partial charge in [-0.1, -0.05) is 19.4 Å². The van der Waals surface area contributed by atoms with E-state index in [-0.39, 0.29) is 16.7 Å². The average molecular weight is 281 g/mol. The molecule has 1 amide bonds. The molecule has 0 bridgehead atoms. The van der Waals surface area contributed by atoms with Crippen LogP contribution < -0.4 is 10.6 Å². The summed E-state index contributed by atoms with van der Waals surface area (Å²) in [4.78, 5) is 21.5. The predicted molar refractivity (Wildman–Crippen MR) is 77.0 cm³/mol. The molecule has 0 fully saturated rings. The van der Waals surface area contributed by atoms with Gasteiger partial charge in [-0.25, -0.2) is 0 Å². The molecule has 2 N–H and O–H groups in total. The molecular weight excluding hydrogens is 266 g/mol. The summed E-state index contributed by atoms with van der Waals surface area (Å²) in [5.41, 5.74) is 0.431. The molecule has 0 saturated carbocycles. The van der Waals surface area contributed by atoms with Gasteiger partial charge in [0.2, 0.25) is 5.91 Å². The molecule has 0 atom stereocenters. The van der Waals surface area contributed by atoms with E-state index in [2.05, 4.69) is 10.6 Å². The van der Waals surface area contributed by atoms with E-state index < -0.39 is 4.92 Å². The van der Waals surface area contributed by atoms with E-state index in [1.54, 1.807) is 12.1 Å². The highest BCUT2D eigenvalue weighted by atomic mass is 32.1. The molecule has 0 aliphatic rings. The number of rotatable bonds is 5. The minimum absolute atomic E-state index is 0.0369. The van der Waals surface area contributed by atoms with Crippen LogP contribution in [0.1, 0.15) is 26.2 Å². The Kier molecular flexibility index (Phi) is 5.87. The summed E-state index contributed by atoms with van der Waals surface area (Å²) in [5.74, 6) is -0.162. The number of carbonyl (C=O) groups is 1. The van der Waals surface area contributed by atoms with E-state index in [0.29, 0.717) is 12.1 Å². The Hall–Kier alpha value is -2.02. The van der Waals surface area contributed by atoms with Crippen molar-refractivity contribution in [2.75, 3.05) is 5.32 Å². The van der Waals surface area contributed by atoms with Crippen molar-refractivity contribution in [1.82, 2.24) is 5.32 Å². The molecule has 0 aromatic heterocycles. The molecule has 1 aromatic rings. The first-order valence-corrected chi connectivity index (χ1v) is 6.29. The molecule has 0 heterocycles. The van der Waals surface area contributed by atoms with Crippen molar-refractivity contribution >= 4 is 34.6 Å². The molecule has 0 saturated heterocycles. The van der Waals surface area contributed by atoms with Gasteiger partial charge < -0.3 is 10.6 Å². The Labute approximate surface area is 116 Å². The van der Waals surface area contributed by atoms with Crippen LogP contribution in [0.15, 0.2) is 24.3 Å². The predicted octanol–water partition coefficient (Wildman–Crippen LogP) is 2.60. The van der Waals surface area contributed by atoms with E-state index in [1.165, 1.54) is 12.1 Å². The van der Waals surface area contributed by atoms with Crippen LogP contribution in [0.5, 0.6) is 0 Å². The third kappa shape index (κ3) is 5.43. The molecule has 1 rings (SSSR count). The number of anilines is 1. The number of thiocarbonyl (C=S) groups is 1. The van der Waals surface area contributed by atoms with Gasteiger partial charge in [0.25, 0.3) is 5.69 Å². The number of nitro benzene ring substituents is 1. The lowest BCUT2D eigenvalue weighted by atomic mass is 10.2. The van der Waals surface area contributed by atoms with E-state index in [9.17, 15) is 14.9 Å². The molecule has 0 radical (unpaired) electrons. The summed E-state index contributed by atoms with van der Waals surface area (Å²) in [5, 5.41) is 16.0. The number of benzene rings is 1. The fourth-order valence-electron chi connectivity index (χ4n) is 1.39. The molecule has 7 heteroatoms. The van der Waals surface area contributed by atoms with Crippen molar-refractivity contribution in [2.45, 2.75) is 26.2 Å². The van der Waals surface area contributed by atoms with Crippen LogP contribution >= 0.6 is 12.2 Å². The highest BCUT2D eigenvalue weighted by Gasteiger charge is 2.08. The Bertz CT molecular complexity index is 491. The largest absolute Gasteiger partial charge is 0.332 e. The number of non-ortho nitro benzene ring substituents is 1. The minimum Gasteiger partial charge on any atom is -0.332 e. The van der Waals surface area contributed by atoms with Crippen LogP contribution in [-0.2, 0) is 4.79 Å². The minimum atomic E-state index is -0.492. The van der Waals surface area contributed by atoms with Crippen molar-refractivity contribution in [1.29, 1.82) is 0 Å². The summed E-state index contributed by atoms with van der Waals surface area (Å²) >= 11 is 4.96. The zero-order valence-electron chi connectivity index (χ0n) is 10.5. The zero-order chi connectivity index (χ0) is 14.3. The lowest BCUT2D eigenvalue weighted by Crippen LogP contribution is -2.33. The lowest BCUT2D eigenvalue weighted by Gasteiger charge is -2.09. The Morgan fingerprint density at radius 2 is 2.21 bits per heavy atom. The second-order valence-corrected chi connectivity index (χ2v) is 4.32.